The van der Waals surface area contributed by atoms with Crippen LogP contribution in [-0.2, 0) is 9.53 Å². The van der Waals surface area contributed by atoms with Crippen LogP contribution in [0.4, 0.5) is 4.79 Å². The van der Waals surface area contributed by atoms with E-state index in [4.69, 9.17) is 14.9 Å². The predicted octanol–water partition coefficient (Wildman–Crippen LogP) is -0.502. The van der Waals surface area contributed by atoms with Gasteiger partial charge in [-0.25, -0.2) is 9.59 Å². The van der Waals surface area contributed by atoms with Crippen LogP contribution in [0.2, 0.25) is 0 Å². The second-order valence-electron chi connectivity index (χ2n) is 3.85. The number of aliphatic carboxylic acids is 1. The Bertz CT molecular complexity index is 257. The molecule has 0 bridgehead atoms. The summed E-state index contributed by atoms with van der Waals surface area (Å²) in [5.41, 5.74) is 0. The van der Waals surface area contributed by atoms with E-state index in [1.807, 2.05) is 0 Å². The number of aliphatic hydroxyl groups excluding tert-OH is 1. The van der Waals surface area contributed by atoms with Gasteiger partial charge in [0.05, 0.1) is 6.10 Å². The molecule has 0 heterocycles. The fraction of sp³-hybridized carbons (Fsp3) is 0.800. The smallest absolute Gasteiger partial charge is 0.326 e. The fourth-order valence-electron chi connectivity index (χ4n) is 1.23. The Morgan fingerprint density at radius 2 is 2.06 bits per heavy atom. The number of hydrogen-bond acceptors (Lipinski definition) is 4. The lowest BCUT2D eigenvalue weighted by molar-refractivity contribution is -0.139. The number of methoxy groups -OCH3 is 1. The van der Waals surface area contributed by atoms with Gasteiger partial charge in [0.1, 0.15) is 6.04 Å². The zero-order chi connectivity index (χ0) is 13.4. The van der Waals surface area contributed by atoms with Gasteiger partial charge < -0.3 is 25.2 Å². The summed E-state index contributed by atoms with van der Waals surface area (Å²) in [7, 11) is 2.94. The van der Waals surface area contributed by atoms with Crippen molar-refractivity contribution in [3.05, 3.63) is 0 Å². The number of carbonyl (C=O) groups is 2. The van der Waals surface area contributed by atoms with Crippen LogP contribution >= 0.6 is 0 Å². The second-order valence-corrected chi connectivity index (χ2v) is 3.85. The van der Waals surface area contributed by atoms with Crippen LogP contribution < -0.4 is 5.32 Å². The zero-order valence-electron chi connectivity index (χ0n) is 10.3. The van der Waals surface area contributed by atoms with Crippen molar-refractivity contribution < 1.29 is 24.5 Å². The highest BCUT2D eigenvalue weighted by atomic mass is 16.5. The van der Waals surface area contributed by atoms with Gasteiger partial charge in [0, 0.05) is 33.7 Å². The predicted molar refractivity (Wildman–Crippen MR) is 60.8 cm³/mol. The molecule has 0 radical (unpaired) electrons. The standard InChI is InChI=1S/C10H20N2O5/c1-7(13)6-12(2)10(16)11-8(9(14)15)4-5-17-3/h7-8,13H,4-6H2,1-3H3,(H,11,16)(H,14,15). The van der Waals surface area contributed by atoms with Crippen LogP contribution in [0.5, 0.6) is 0 Å². The van der Waals surface area contributed by atoms with E-state index in [2.05, 4.69) is 5.32 Å². The van der Waals surface area contributed by atoms with Crippen molar-refractivity contribution in [2.24, 2.45) is 0 Å². The molecule has 0 aliphatic heterocycles. The third-order valence-corrected chi connectivity index (χ3v) is 2.09. The molecule has 0 saturated heterocycles. The maximum Gasteiger partial charge on any atom is 0.326 e. The summed E-state index contributed by atoms with van der Waals surface area (Å²) >= 11 is 0. The zero-order valence-corrected chi connectivity index (χ0v) is 10.3. The van der Waals surface area contributed by atoms with Gasteiger partial charge in [0.2, 0.25) is 0 Å². The number of likely N-dealkylation sites (N-methyl/N-ethyl adjacent to an activating group) is 1. The minimum absolute atomic E-state index is 0.141. The molecule has 2 amide bonds. The molecule has 0 aromatic heterocycles. The van der Waals surface area contributed by atoms with Crippen molar-refractivity contribution in [1.29, 1.82) is 0 Å². The largest absolute Gasteiger partial charge is 0.480 e. The second kappa shape index (κ2) is 7.86. The van der Waals surface area contributed by atoms with E-state index in [9.17, 15) is 9.59 Å². The first-order valence-corrected chi connectivity index (χ1v) is 5.30. The van der Waals surface area contributed by atoms with E-state index in [1.165, 1.54) is 19.1 Å². The highest BCUT2D eigenvalue weighted by molar-refractivity contribution is 5.82. The molecule has 7 nitrogen and oxygen atoms in total. The quantitative estimate of drug-likeness (QED) is 0.564. The summed E-state index contributed by atoms with van der Waals surface area (Å²) in [5, 5.41) is 20.3. The summed E-state index contributed by atoms with van der Waals surface area (Å²) in [6, 6.07) is -1.52. The van der Waals surface area contributed by atoms with E-state index in [0.29, 0.717) is 0 Å². The number of aliphatic hydroxyl groups is 1. The molecular formula is C10H20N2O5. The first-order valence-electron chi connectivity index (χ1n) is 5.30. The Morgan fingerprint density at radius 3 is 2.47 bits per heavy atom. The Labute approximate surface area is 100 Å². The van der Waals surface area contributed by atoms with Crippen LogP contribution in [-0.4, -0.2) is 66.6 Å². The SMILES string of the molecule is COCCC(NC(=O)N(C)CC(C)O)C(=O)O. The lowest BCUT2D eigenvalue weighted by atomic mass is 10.2. The first kappa shape index (κ1) is 15.7. The van der Waals surface area contributed by atoms with Crippen molar-refractivity contribution in [2.75, 3.05) is 27.3 Å². The Balaban J connectivity index is 4.24. The Hall–Kier alpha value is -1.34. The van der Waals surface area contributed by atoms with Gasteiger partial charge in [-0.2, -0.15) is 0 Å². The molecule has 2 atom stereocenters. The average Bonchev–Trinajstić information content (AvgIpc) is 2.22. The van der Waals surface area contributed by atoms with Crippen LogP contribution in [0.25, 0.3) is 0 Å². The number of carbonyl (C=O) groups excluding carboxylic acids is 1. The van der Waals surface area contributed by atoms with Gasteiger partial charge in [0.15, 0.2) is 0 Å². The van der Waals surface area contributed by atoms with E-state index in [1.54, 1.807) is 6.92 Å². The van der Waals surface area contributed by atoms with E-state index in [-0.39, 0.29) is 19.6 Å². The molecule has 2 unspecified atom stereocenters. The van der Waals surface area contributed by atoms with Gasteiger partial charge in [0.25, 0.3) is 0 Å². The highest BCUT2D eigenvalue weighted by Gasteiger charge is 2.21. The summed E-state index contributed by atoms with van der Waals surface area (Å²) in [6.07, 6.45) is -0.465. The summed E-state index contributed by atoms with van der Waals surface area (Å²) < 4.78 is 4.76. The summed E-state index contributed by atoms with van der Waals surface area (Å²) in [5.74, 6) is -1.11. The molecule has 0 aromatic rings. The molecule has 0 fully saturated rings. The molecule has 0 aliphatic rings. The number of hydrogen-bond donors (Lipinski definition) is 3. The molecule has 0 spiro atoms. The molecule has 100 valence electrons. The average molecular weight is 248 g/mol. The Kier molecular flexibility index (Phi) is 7.24. The normalized spacial score (nSPS) is 13.9. The van der Waals surface area contributed by atoms with Crippen LogP contribution in [0.3, 0.4) is 0 Å². The van der Waals surface area contributed by atoms with Crippen molar-refractivity contribution >= 4 is 12.0 Å². The molecule has 7 heteroatoms. The third-order valence-electron chi connectivity index (χ3n) is 2.09. The van der Waals surface area contributed by atoms with Crippen molar-refractivity contribution in [3.63, 3.8) is 0 Å². The first-order chi connectivity index (χ1) is 7.88. The maximum absolute atomic E-state index is 11.6. The Morgan fingerprint density at radius 1 is 1.47 bits per heavy atom. The molecule has 0 saturated carbocycles. The monoisotopic (exact) mass is 248 g/mol. The highest BCUT2D eigenvalue weighted by Crippen LogP contribution is 1.96. The van der Waals surface area contributed by atoms with Crippen molar-refractivity contribution in [2.45, 2.75) is 25.5 Å². The maximum atomic E-state index is 11.6. The van der Waals surface area contributed by atoms with Crippen molar-refractivity contribution in [1.82, 2.24) is 10.2 Å². The topological polar surface area (TPSA) is 99.1 Å². The number of ether oxygens (including phenoxy) is 1. The van der Waals surface area contributed by atoms with Gasteiger partial charge in [-0.05, 0) is 6.92 Å². The van der Waals surface area contributed by atoms with Gasteiger partial charge in [-0.3, -0.25) is 0 Å². The molecule has 0 aromatic carbocycles. The van der Waals surface area contributed by atoms with E-state index in [0.717, 1.165) is 0 Å². The minimum atomic E-state index is -1.11. The number of carboxylic acid groups (broad SMARTS) is 1. The molecule has 0 rings (SSSR count). The number of nitrogens with one attached hydrogen (secondary N) is 1. The lowest BCUT2D eigenvalue weighted by Crippen LogP contribution is -2.48. The van der Waals surface area contributed by atoms with E-state index >= 15 is 0 Å². The molecule has 17 heavy (non-hydrogen) atoms. The molecule has 3 N–H and O–H groups in total. The molecular weight excluding hydrogens is 228 g/mol. The summed E-state index contributed by atoms with van der Waals surface area (Å²) in [4.78, 5) is 23.6. The van der Waals surface area contributed by atoms with E-state index < -0.39 is 24.1 Å². The summed E-state index contributed by atoms with van der Waals surface area (Å²) in [6.45, 7) is 1.93. The minimum Gasteiger partial charge on any atom is -0.480 e. The number of carboxylic acids is 1. The number of urea groups is 1. The number of rotatable bonds is 7. The van der Waals surface area contributed by atoms with Crippen LogP contribution in [0.1, 0.15) is 13.3 Å². The van der Waals surface area contributed by atoms with Crippen LogP contribution in [0.15, 0.2) is 0 Å². The van der Waals surface area contributed by atoms with Gasteiger partial charge in [-0.15, -0.1) is 0 Å². The number of nitrogens with zero attached hydrogens (tertiary/aromatic N) is 1. The third kappa shape index (κ3) is 6.75. The van der Waals surface area contributed by atoms with Gasteiger partial charge in [-0.1, -0.05) is 0 Å². The lowest BCUT2D eigenvalue weighted by Gasteiger charge is -2.22. The van der Waals surface area contributed by atoms with Crippen LogP contribution in [0, 0.1) is 0 Å². The fourth-order valence-corrected chi connectivity index (χ4v) is 1.23. The van der Waals surface area contributed by atoms with Gasteiger partial charge >= 0.3 is 12.0 Å². The number of amides is 2. The van der Waals surface area contributed by atoms with Crippen molar-refractivity contribution in [3.8, 4) is 0 Å². The molecule has 0 aliphatic carbocycles.